The van der Waals surface area contributed by atoms with Crippen LogP contribution in [0.5, 0.6) is 0 Å². The minimum absolute atomic E-state index is 0.276. The van der Waals surface area contributed by atoms with E-state index in [9.17, 15) is 24.5 Å². The molecule has 0 aliphatic carbocycles. The first kappa shape index (κ1) is 16.4. The van der Waals surface area contributed by atoms with Gasteiger partial charge in [0.2, 0.25) is 5.91 Å². The van der Waals surface area contributed by atoms with Crippen molar-refractivity contribution in [2.24, 2.45) is 5.73 Å². The lowest BCUT2D eigenvalue weighted by molar-refractivity contribution is -0.384. The average molecular weight is 316 g/mol. The molecule has 0 spiro atoms. The van der Waals surface area contributed by atoms with Crippen molar-refractivity contribution in [2.45, 2.75) is 12.5 Å². The van der Waals surface area contributed by atoms with Crippen LogP contribution < -0.4 is 11.1 Å². The van der Waals surface area contributed by atoms with E-state index in [1.54, 1.807) is 0 Å². The summed E-state index contributed by atoms with van der Waals surface area (Å²) in [5.74, 6) is -3.35. The first-order valence-corrected chi connectivity index (χ1v) is 5.86. The Hall–Kier alpha value is -2.68. The van der Waals surface area contributed by atoms with Crippen LogP contribution in [0.4, 0.5) is 5.69 Å². The fourth-order valence-corrected chi connectivity index (χ4v) is 1.75. The van der Waals surface area contributed by atoms with Gasteiger partial charge in [0.1, 0.15) is 11.1 Å². The minimum Gasteiger partial charge on any atom is -0.480 e. The minimum atomic E-state index is -1.55. The highest BCUT2D eigenvalue weighted by Crippen LogP contribution is 2.27. The van der Waals surface area contributed by atoms with E-state index < -0.39 is 45.9 Å². The van der Waals surface area contributed by atoms with E-state index >= 15 is 0 Å². The Bertz CT molecular complexity index is 618. The Morgan fingerprint density at radius 1 is 1.43 bits per heavy atom. The van der Waals surface area contributed by atoms with Crippen molar-refractivity contribution in [1.29, 1.82) is 0 Å². The molecule has 0 aliphatic heterocycles. The van der Waals surface area contributed by atoms with Gasteiger partial charge in [-0.15, -0.1) is 0 Å². The van der Waals surface area contributed by atoms with Crippen molar-refractivity contribution in [3.63, 3.8) is 0 Å². The Morgan fingerprint density at radius 2 is 2.05 bits per heavy atom. The number of carbonyl (C=O) groups is 3. The highest BCUT2D eigenvalue weighted by molar-refractivity contribution is 6.35. The molecule has 1 aromatic rings. The molecule has 0 fully saturated rings. The molecule has 0 bridgehead atoms. The molecule has 0 aromatic heterocycles. The van der Waals surface area contributed by atoms with Gasteiger partial charge in [0.15, 0.2) is 0 Å². The quantitative estimate of drug-likeness (QED) is 0.507. The van der Waals surface area contributed by atoms with Crippen LogP contribution in [-0.2, 0) is 9.59 Å². The fourth-order valence-electron chi connectivity index (χ4n) is 1.47. The summed E-state index contributed by atoms with van der Waals surface area (Å²) in [6, 6.07) is 1.96. The number of hydrogen-bond donors (Lipinski definition) is 3. The van der Waals surface area contributed by atoms with Gasteiger partial charge in [0.25, 0.3) is 11.6 Å². The number of carbonyl (C=O) groups excluding carboxylic acids is 2. The number of nitrogens with two attached hydrogens (primary N) is 1. The zero-order chi connectivity index (χ0) is 16.2. The van der Waals surface area contributed by atoms with Crippen LogP contribution in [0.15, 0.2) is 18.2 Å². The molecule has 0 heterocycles. The molecule has 0 aliphatic rings. The number of carboxylic acid groups (broad SMARTS) is 1. The summed E-state index contributed by atoms with van der Waals surface area (Å²) in [6.45, 7) is 0. The van der Waals surface area contributed by atoms with Gasteiger partial charge in [-0.1, -0.05) is 17.7 Å². The maximum atomic E-state index is 11.9. The molecule has 0 saturated carbocycles. The fraction of sp³-hybridized carbons (Fsp3) is 0.182. The Labute approximate surface area is 122 Å². The monoisotopic (exact) mass is 315 g/mol. The summed E-state index contributed by atoms with van der Waals surface area (Å²) < 4.78 is 0. The van der Waals surface area contributed by atoms with E-state index in [0.29, 0.717) is 0 Å². The van der Waals surface area contributed by atoms with Crippen molar-refractivity contribution in [3.8, 4) is 0 Å². The second kappa shape index (κ2) is 6.66. The number of primary amides is 1. The molecule has 0 radical (unpaired) electrons. The SMILES string of the molecule is NC(=O)C[C@@H](NC(=O)c1cccc([N+](=O)[O-])c1Cl)C(=O)O. The van der Waals surface area contributed by atoms with Crippen molar-refractivity contribution in [3.05, 3.63) is 38.9 Å². The smallest absolute Gasteiger partial charge is 0.326 e. The van der Waals surface area contributed by atoms with Crippen LogP contribution >= 0.6 is 11.6 Å². The topological polar surface area (TPSA) is 153 Å². The number of hydrogen-bond acceptors (Lipinski definition) is 5. The lowest BCUT2D eigenvalue weighted by atomic mass is 10.1. The molecule has 1 aromatic carbocycles. The summed E-state index contributed by atoms with van der Waals surface area (Å²) in [6.07, 6.45) is -0.617. The van der Waals surface area contributed by atoms with Crippen LogP contribution in [0.2, 0.25) is 5.02 Å². The highest BCUT2D eigenvalue weighted by Gasteiger charge is 2.26. The zero-order valence-electron chi connectivity index (χ0n) is 10.4. The number of aliphatic carboxylic acids is 1. The zero-order valence-corrected chi connectivity index (χ0v) is 11.2. The van der Waals surface area contributed by atoms with Gasteiger partial charge in [-0.3, -0.25) is 19.7 Å². The Morgan fingerprint density at radius 3 is 2.52 bits per heavy atom. The lowest BCUT2D eigenvalue weighted by Gasteiger charge is -2.13. The third-order valence-corrected chi connectivity index (χ3v) is 2.83. The summed E-state index contributed by atoms with van der Waals surface area (Å²) in [4.78, 5) is 43.5. The van der Waals surface area contributed by atoms with E-state index in [2.05, 4.69) is 0 Å². The number of carboxylic acids is 1. The maximum Gasteiger partial charge on any atom is 0.326 e. The number of amides is 2. The molecule has 2 amide bonds. The number of benzene rings is 1. The molecule has 9 nitrogen and oxygen atoms in total. The van der Waals surface area contributed by atoms with E-state index in [4.69, 9.17) is 22.4 Å². The maximum absolute atomic E-state index is 11.9. The molecule has 10 heteroatoms. The van der Waals surface area contributed by atoms with E-state index in [1.165, 1.54) is 12.1 Å². The summed E-state index contributed by atoms with van der Waals surface area (Å²) in [5.41, 5.74) is 4.10. The van der Waals surface area contributed by atoms with Crippen LogP contribution in [0.3, 0.4) is 0 Å². The summed E-state index contributed by atoms with van der Waals surface area (Å²) >= 11 is 5.73. The molecule has 1 rings (SSSR count). The van der Waals surface area contributed by atoms with Gasteiger partial charge < -0.3 is 16.2 Å². The van der Waals surface area contributed by atoms with E-state index in [0.717, 1.165) is 6.07 Å². The second-order valence-electron chi connectivity index (χ2n) is 3.93. The predicted molar refractivity (Wildman–Crippen MR) is 70.8 cm³/mol. The van der Waals surface area contributed by atoms with Crippen LogP contribution in [0.25, 0.3) is 0 Å². The molecule has 112 valence electrons. The number of nitro benzene ring substituents is 1. The average Bonchev–Trinajstić information content (AvgIpc) is 2.36. The molecule has 1 atom stereocenters. The first-order chi connectivity index (χ1) is 9.73. The van der Waals surface area contributed by atoms with E-state index in [-0.39, 0.29) is 5.56 Å². The summed E-state index contributed by atoms with van der Waals surface area (Å²) in [7, 11) is 0. The predicted octanol–water partition coefficient (Wildman–Crippen LogP) is 0.307. The van der Waals surface area contributed by atoms with Gasteiger partial charge in [-0.2, -0.15) is 0 Å². The molecule has 4 N–H and O–H groups in total. The van der Waals surface area contributed by atoms with Crippen LogP contribution in [0, 0.1) is 10.1 Å². The number of rotatable bonds is 6. The van der Waals surface area contributed by atoms with Crippen molar-refractivity contribution in [1.82, 2.24) is 5.32 Å². The van der Waals surface area contributed by atoms with Crippen molar-refractivity contribution >= 4 is 35.1 Å². The van der Waals surface area contributed by atoms with Gasteiger partial charge in [-0.25, -0.2) is 4.79 Å². The Balaban J connectivity index is 3.03. The van der Waals surface area contributed by atoms with Gasteiger partial charge in [0, 0.05) is 6.07 Å². The standard InChI is InChI=1S/C11H10ClN3O6/c12-9-5(2-1-3-7(9)15(20)21)10(17)14-6(11(18)19)4-8(13)16/h1-3,6H,4H2,(H2,13,16)(H,14,17)(H,18,19)/t6-/m1/s1. The third-order valence-electron chi connectivity index (χ3n) is 2.43. The van der Waals surface area contributed by atoms with Crippen molar-refractivity contribution < 1.29 is 24.4 Å². The van der Waals surface area contributed by atoms with Crippen LogP contribution in [-0.4, -0.2) is 33.9 Å². The van der Waals surface area contributed by atoms with Crippen LogP contribution in [0.1, 0.15) is 16.8 Å². The molecule has 21 heavy (non-hydrogen) atoms. The van der Waals surface area contributed by atoms with Gasteiger partial charge in [-0.05, 0) is 6.07 Å². The lowest BCUT2D eigenvalue weighted by Crippen LogP contribution is -2.43. The number of halogens is 1. The largest absolute Gasteiger partial charge is 0.480 e. The normalized spacial score (nSPS) is 11.5. The Kier molecular flexibility index (Phi) is 5.19. The number of nitrogens with zero attached hydrogens (tertiary/aromatic N) is 1. The molecule has 0 saturated heterocycles. The van der Waals surface area contributed by atoms with Gasteiger partial charge in [0.05, 0.1) is 16.9 Å². The number of nitro groups is 1. The van der Waals surface area contributed by atoms with E-state index in [1.807, 2.05) is 5.32 Å². The first-order valence-electron chi connectivity index (χ1n) is 5.49. The third kappa shape index (κ3) is 4.14. The summed E-state index contributed by atoms with van der Waals surface area (Å²) in [5, 5.41) is 21.2. The highest BCUT2D eigenvalue weighted by atomic mass is 35.5. The second-order valence-corrected chi connectivity index (χ2v) is 4.31. The molecular weight excluding hydrogens is 306 g/mol. The van der Waals surface area contributed by atoms with Gasteiger partial charge >= 0.3 is 5.97 Å². The van der Waals surface area contributed by atoms with Crippen molar-refractivity contribution in [2.75, 3.05) is 0 Å². The molecule has 0 unspecified atom stereocenters. The number of nitrogens with one attached hydrogen (secondary N) is 1. The molecular formula is C11H10ClN3O6.